The second-order valence-electron chi connectivity index (χ2n) is 10.8. The fraction of sp³-hybridized carbons (Fsp3) is 0.0789. The molecule has 6 heterocycles. The van der Waals surface area contributed by atoms with E-state index in [-0.39, 0.29) is 0 Å². The van der Waals surface area contributed by atoms with E-state index in [9.17, 15) is 0 Å². The molecule has 6 aromatic heterocycles. The van der Waals surface area contributed by atoms with E-state index in [0.717, 1.165) is 22.5 Å². The number of terminal acetylenes is 1. The Kier molecular flexibility index (Phi) is 8.53. The van der Waals surface area contributed by atoms with Crippen LogP contribution in [0.15, 0.2) is 104 Å². The van der Waals surface area contributed by atoms with Crippen molar-refractivity contribution in [2.45, 2.75) is 0 Å². The average molecular weight is 654 g/mol. The Labute approximate surface area is 287 Å². The maximum absolute atomic E-state index is 5.49. The number of imidazole rings is 2. The lowest BCUT2D eigenvalue weighted by Crippen LogP contribution is -1.93. The Morgan fingerprint density at radius 1 is 0.620 bits per heavy atom. The minimum Gasteiger partial charge on any atom is -0.478 e. The zero-order valence-corrected chi connectivity index (χ0v) is 27.2. The molecule has 0 bridgehead atoms. The third-order valence-corrected chi connectivity index (χ3v) is 7.40. The number of hydrogen-bond acceptors (Lipinski definition) is 8. The van der Waals surface area contributed by atoms with Crippen LogP contribution in [0.2, 0.25) is 0 Å². The van der Waals surface area contributed by atoms with Crippen molar-refractivity contribution in [1.82, 2.24) is 53.3 Å². The smallest absolute Gasteiger partial charge is 0.259 e. The summed E-state index contributed by atoms with van der Waals surface area (Å²) in [6.07, 6.45) is 14.5. The van der Waals surface area contributed by atoms with E-state index in [1.807, 2.05) is 108 Å². The van der Waals surface area contributed by atoms with Gasteiger partial charge in [0.2, 0.25) is 17.3 Å². The molecular formula is C38H27N11O. The van der Waals surface area contributed by atoms with Gasteiger partial charge in [0.1, 0.15) is 0 Å². The molecule has 50 heavy (non-hydrogen) atoms. The number of hydrogen-bond donors (Lipinski definition) is 0. The first-order valence-electron chi connectivity index (χ1n) is 15.3. The van der Waals surface area contributed by atoms with Gasteiger partial charge in [-0.2, -0.15) is 9.97 Å². The standard InChI is InChI=1S/C20H13N5.C18H14N6O/c1-3-15-10-7-13-25-20(15)22-18(23-25)11-12-19-21-17(14-24(19)2)16-8-5-4-6-9-16;1-23-12-14(13-6-4-3-5-7-13)20-16(23)9-8-15-21-17-18(25-2)19-10-11-24(17)22-15/h1,4-10,13-14H,2H3;3-7,10-12H,1-2H3. The minimum absolute atomic E-state index is 0.385. The van der Waals surface area contributed by atoms with Gasteiger partial charge in [-0.3, -0.25) is 0 Å². The van der Waals surface area contributed by atoms with Crippen LogP contribution in [0.1, 0.15) is 28.9 Å². The van der Waals surface area contributed by atoms with Crippen LogP contribution in [0.4, 0.5) is 0 Å². The fourth-order valence-electron chi connectivity index (χ4n) is 4.95. The molecule has 8 aromatic rings. The molecule has 0 radical (unpaired) electrons. The normalized spacial score (nSPS) is 10.4. The van der Waals surface area contributed by atoms with Gasteiger partial charge in [-0.05, 0) is 35.8 Å². The van der Waals surface area contributed by atoms with Gasteiger partial charge in [0.15, 0.2) is 17.3 Å². The summed E-state index contributed by atoms with van der Waals surface area (Å²) in [7, 11) is 5.37. The van der Waals surface area contributed by atoms with Crippen molar-refractivity contribution in [3.63, 3.8) is 0 Å². The molecule has 0 amide bonds. The van der Waals surface area contributed by atoms with Crippen molar-refractivity contribution >= 4 is 11.3 Å². The highest BCUT2D eigenvalue weighted by Crippen LogP contribution is 2.19. The molecule has 0 aliphatic heterocycles. The molecule has 12 heteroatoms. The maximum Gasteiger partial charge on any atom is 0.259 e. The Bertz CT molecular complexity index is 2640. The van der Waals surface area contributed by atoms with Gasteiger partial charge in [0.25, 0.3) is 5.88 Å². The topological polar surface area (TPSA) is 118 Å². The van der Waals surface area contributed by atoms with E-state index in [2.05, 4.69) is 64.7 Å². The number of rotatable bonds is 3. The number of nitrogens with zero attached hydrogens (tertiary/aromatic N) is 11. The van der Waals surface area contributed by atoms with Crippen LogP contribution in [-0.4, -0.2) is 60.4 Å². The Morgan fingerprint density at radius 2 is 1.16 bits per heavy atom. The first kappa shape index (κ1) is 31.1. The van der Waals surface area contributed by atoms with Gasteiger partial charge >= 0.3 is 0 Å². The summed E-state index contributed by atoms with van der Waals surface area (Å²) < 4.78 is 12.2. The molecule has 0 unspecified atom stereocenters. The summed E-state index contributed by atoms with van der Waals surface area (Å²) in [5, 5.41) is 8.64. The SMILES string of the molecule is C#Cc1cccn2nc(C#Cc3nc(-c4ccccc4)cn3C)nc12.COc1nccn2nc(C#Cc3nc(-c4ccccc4)cn3C)nc12. The highest BCUT2D eigenvalue weighted by molar-refractivity contribution is 5.61. The molecule has 0 N–H and O–H groups in total. The summed E-state index contributed by atoms with van der Waals surface area (Å²) in [5.74, 6) is 17.1. The van der Waals surface area contributed by atoms with Crippen LogP contribution < -0.4 is 4.74 Å². The second kappa shape index (κ2) is 13.7. The average Bonchev–Trinajstić information content (AvgIpc) is 3.95. The summed E-state index contributed by atoms with van der Waals surface area (Å²) >= 11 is 0. The number of fused-ring (bicyclic) bond motifs is 2. The third-order valence-electron chi connectivity index (χ3n) is 7.40. The van der Waals surface area contributed by atoms with Crippen molar-refractivity contribution in [2.24, 2.45) is 14.1 Å². The van der Waals surface area contributed by atoms with Crippen LogP contribution in [0.25, 0.3) is 33.8 Å². The van der Waals surface area contributed by atoms with Crippen molar-refractivity contribution in [1.29, 1.82) is 0 Å². The van der Waals surface area contributed by atoms with Crippen molar-refractivity contribution in [2.75, 3.05) is 7.11 Å². The molecule has 0 spiro atoms. The third kappa shape index (κ3) is 6.52. The number of aromatic nitrogens is 11. The molecule has 12 nitrogen and oxygen atoms in total. The van der Waals surface area contributed by atoms with Gasteiger partial charge in [-0.1, -0.05) is 66.6 Å². The summed E-state index contributed by atoms with van der Waals surface area (Å²) in [6, 6.07) is 23.6. The number of ether oxygens (including phenoxy) is 1. The fourth-order valence-corrected chi connectivity index (χ4v) is 4.95. The molecule has 0 saturated carbocycles. The van der Waals surface area contributed by atoms with Crippen molar-refractivity contribution in [3.05, 3.63) is 133 Å². The van der Waals surface area contributed by atoms with Gasteiger partial charge in [0.05, 0.1) is 24.1 Å². The predicted octanol–water partition coefficient (Wildman–Crippen LogP) is 4.44. The van der Waals surface area contributed by atoms with Gasteiger partial charge in [0, 0.05) is 56.2 Å². The van der Waals surface area contributed by atoms with Crippen LogP contribution in [0, 0.1) is 36.0 Å². The highest BCUT2D eigenvalue weighted by Gasteiger charge is 2.10. The van der Waals surface area contributed by atoms with E-state index in [4.69, 9.17) is 11.2 Å². The predicted molar refractivity (Wildman–Crippen MR) is 188 cm³/mol. The van der Waals surface area contributed by atoms with E-state index >= 15 is 0 Å². The van der Waals surface area contributed by atoms with Gasteiger partial charge in [-0.15, -0.1) is 16.6 Å². The largest absolute Gasteiger partial charge is 0.478 e. The zero-order valence-electron chi connectivity index (χ0n) is 27.2. The quantitative estimate of drug-likeness (QED) is 0.257. The molecule has 0 aliphatic rings. The van der Waals surface area contributed by atoms with Crippen LogP contribution >= 0.6 is 0 Å². The summed E-state index contributed by atoms with van der Waals surface area (Å²) in [6.45, 7) is 0. The molecule has 8 rings (SSSR count). The number of methoxy groups -OCH3 is 1. The van der Waals surface area contributed by atoms with E-state index < -0.39 is 0 Å². The van der Waals surface area contributed by atoms with E-state index in [1.165, 1.54) is 0 Å². The highest BCUT2D eigenvalue weighted by atomic mass is 16.5. The first-order chi connectivity index (χ1) is 24.5. The van der Waals surface area contributed by atoms with Crippen molar-refractivity contribution < 1.29 is 4.74 Å². The van der Waals surface area contributed by atoms with Gasteiger partial charge in [-0.25, -0.2) is 24.0 Å². The molecule has 0 fully saturated rings. The maximum atomic E-state index is 5.49. The minimum atomic E-state index is 0.385. The molecule has 0 aliphatic carbocycles. The number of pyridine rings is 1. The second-order valence-corrected chi connectivity index (χ2v) is 10.8. The number of aryl methyl sites for hydroxylation is 2. The Balaban J connectivity index is 0.000000157. The molecule has 0 saturated heterocycles. The Morgan fingerprint density at radius 3 is 1.70 bits per heavy atom. The lowest BCUT2D eigenvalue weighted by molar-refractivity contribution is 0.399. The van der Waals surface area contributed by atoms with Crippen LogP contribution in [-0.2, 0) is 14.1 Å². The first-order valence-corrected chi connectivity index (χ1v) is 15.3. The van der Waals surface area contributed by atoms with Crippen LogP contribution in [0.5, 0.6) is 5.88 Å². The molecule has 0 atom stereocenters. The van der Waals surface area contributed by atoms with Crippen molar-refractivity contribution in [3.8, 4) is 64.4 Å². The summed E-state index contributed by atoms with van der Waals surface area (Å²) in [5.41, 5.74) is 5.69. The lowest BCUT2D eigenvalue weighted by atomic mass is 10.2. The Hall–Kier alpha value is -7.49. The monoisotopic (exact) mass is 653 g/mol. The summed E-state index contributed by atoms with van der Waals surface area (Å²) in [4.78, 5) is 22.0. The number of benzene rings is 2. The molecular weight excluding hydrogens is 626 g/mol. The molecule has 240 valence electrons. The lowest BCUT2D eigenvalue weighted by Gasteiger charge is -1.96. The van der Waals surface area contributed by atoms with Gasteiger partial charge < -0.3 is 13.9 Å². The van der Waals surface area contributed by atoms with Crippen LogP contribution in [0.3, 0.4) is 0 Å². The molecule has 2 aromatic carbocycles. The van der Waals surface area contributed by atoms with E-state index in [0.29, 0.717) is 46.0 Å². The zero-order chi connectivity index (χ0) is 34.5. The van der Waals surface area contributed by atoms with E-state index in [1.54, 1.807) is 34.7 Å².